The predicted octanol–water partition coefficient (Wildman–Crippen LogP) is 4.46. The fourth-order valence-electron chi connectivity index (χ4n) is 1.60. The van der Waals surface area contributed by atoms with E-state index in [1.165, 1.54) is 24.3 Å². The quantitative estimate of drug-likeness (QED) is 0.793. The minimum Gasteiger partial charge on any atom is -0.277 e. The van der Waals surface area contributed by atoms with E-state index in [4.69, 9.17) is 0 Å². The van der Waals surface area contributed by atoms with E-state index in [0.29, 0.717) is 8.95 Å². The number of halogens is 3. The van der Waals surface area contributed by atoms with Gasteiger partial charge in [-0.05, 0) is 58.7 Å². The summed E-state index contributed by atoms with van der Waals surface area (Å²) >= 11 is 6.38. The van der Waals surface area contributed by atoms with E-state index in [1.807, 2.05) is 6.92 Å². The van der Waals surface area contributed by atoms with Crippen LogP contribution in [0.15, 0.2) is 50.2 Å². The molecule has 0 fully saturated rings. The highest BCUT2D eigenvalue weighted by molar-refractivity contribution is 9.10. The van der Waals surface area contributed by atoms with Crippen LogP contribution in [-0.4, -0.2) is 8.42 Å². The molecule has 0 aliphatic rings. The van der Waals surface area contributed by atoms with Crippen LogP contribution in [0.4, 0.5) is 10.1 Å². The van der Waals surface area contributed by atoms with Gasteiger partial charge < -0.3 is 0 Å². The lowest BCUT2D eigenvalue weighted by Crippen LogP contribution is -2.14. The second-order valence-electron chi connectivity index (χ2n) is 4.16. The third-order valence-electron chi connectivity index (χ3n) is 2.55. The van der Waals surface area contributed by atoms with Crippen molar-refractivity contribution in [3.8, 4) is 0 Å². The van der Waals surface area contributed by atoms with Crippen molar-refractivity contribution in [2.45, 2.75) is 11.8 Å². The molecule has 0 unspecified atom stereocenters. The first-order valence-corrected chi connectivity index (χ1v) is 8.60. The van der Waals surface area contributed by atoms with Crippen LogP contribution in [-0.2, 0) is 10.0 Å². The highest BCUT2D eigenvalue weighted by Gasteiger charge is 2.19. The van der Waals surface area contributed by atoms with Crippen molar-refractivity contribution in [1.29, 1.82) is 0 Å². The maximum Gasteiger partial charge on any atom is 0.263 e. The number of sulfonamides is 1. The third-order valence-corrected chi connectivity index (χ3v) is 5.39. The first kappa shape index (κ1) is 15.5. The minimum absolute atomic E-state index is 0.0578. The molecule has 0 aliphatic carbocycles. The normalized spacial score (nSPS) is 11.4. The second kappa shape index (κ2) is 5.83. The molecule has 0 aliphatic heterocycles. The average molecular weight is 423 g/mol. The zero-order valence-corrected chi connectivity index (χ0v) is 14.3. The fourth-order valence-corrected chi connectivity index (χ4v) is 4.21. The predicted molar refractivity (Wildman–Crippen MR) is 83.8 cm³/mol. The van der Waals surface area contributed by atoms with Gasteiger partial charge in [0.15, 0.2) is 0 Å². The molecule has 0 atom stereocenters. The topological polar surface area (TPSA) is 46.2 Å². The Hall–Kier alpha value is -0.920. The lowest BCUT2D eigenvalue weighted by Gasteiger charge is -2.11. The molecule has 2 aromatic rings. The summed E-state index contributed by atoms with van der Waals surface area (Å²) in [5.74, 6) is -0.639. The summed E-state index contributed by atoms with van der Waals surface area (Å²) in [7, 11) is -3.86. The molecular weight excluding hydrogens is 413 g/mol. The van der Waals surface area contributed by atoms with Gasteiger partial charge in [0.1, 0.15) is 10.7 Å². The summed E-state index contributed by atoms with van der Waals surface area (Å²) < 4.78 is 41.4. The molecule has 106 valence electrons. The number of benzene rings is 2. The largest absolute Gasteiger partial charge is 0.277 e. The molecule has 0 amide bonds. The van der Waals surface area contributed by atoms with Crippen LogP contribution < -0.4 is 4.72 Å². The molecule has 0 radical (unpaired) electrons. The summed E-state index contributed by atoms with van der Waals surface area (Å²) in [5.41, 5.74) is 0.816. The van der Waals surface area contributed by atoms with Gasteiger partial charge in [-0.2, -0.15) is 0 Å². The van der Waals surface area contributed by atoms with Crippen molar-refractivity contribution < 1.29 is 12.8 Å². The molecule has 1 N–H and O–H groups in total. The summed E-state index contributed by atoms with van der Waals surface area (Å²) in [4.78, 5) is 0.0578. The Labute approximate surface area is 133 Å². The van der Waals surface area contributed by atoms with Crippen molar-refractivity contribution in [1.82, 2.24) is 0 Å². The first-order valence-electron chi connectivity index (χ1n) is 5.53. The van der Waals surface area contributed by atoms with Gasteiger partial charge in [0.25, 0.3) is 10.0 Å². The third kappa shape index (κ3) is 3.39. The lowest BCUT2D eigenvalue weighted by atomic mass is 10.2. The summed E-state index contributed by atoms with van der Waals surface area (Å²) in [6, 6.07) is 8.89. The van der Waals surface area contributed by atoms with Gasteiger partial charge in [-0.25, -0.2) is 12.8 Å². The van der Waals surface area contributed by atoms with Crippen LogP contribution in [0.2, 0.25) is 0 Å². The SMILES string of the molecule is Cc1ccc(S(=O)(=O)Nc2cc(Br)ccc2F)c(Br)c1. The van der Waals surface area contributed by atoms with E-state index in [1.54, 1.807) is 12.1 Å². The molecule has 0 saturated carbocycles. The first-order chi connectivity index (χ1) is 9.29. The van der Waals surface area contributed by atoms with E-state index in [9.17, 15) is 12.8 Å². The highest BCUT2D eigenvalue weighted by atomic mass is 79.9. The van der Waals surface area contributed by atoms with Crippen LogP contribution in [0.3, 0.4) is 0 Å². The van der Waals surface area contributed by atoms with E-state index >= 15 is 0 Å². The highest BCUT2D eigenvalue weighted by Crippen LogP contribution is 2.27. The van der Waals surface area contributed by atoms with Gasteiger partial charge in [0, 0.05) is 8.95 Å². The Morgan fingerprint density at radius 3 is 2.45 bits per heavy atom. The van der Waals surface area contributed by atoms with Gasteiger partial charge in [0.05, 0.1) is 5.69 Å². The van der Waals surface area contributed by atoms with Crippen LogP contribution in [0, 0.1) is 12.7 Å². The minimum atomic E-state index is -3.86. The standard InChI is InChI=1S/C13H10Br2FNO2S/c1-8-2-5-13(10(15)6-8)20(18,19)17-12-7-9(14)3-4-11(12)16/h2-7,17H,1H3. The van der Waals surface area contributed by atoms with Gasteiger partial charge in [-0.3, -0.25) is 4.72 Å². The zero-order chi connectivity index (χ0) is 14.9. The molecule has 3 nitrogen and oxygen atoms in total. The second-order valence-corrected chi connectivity index (χ2v) is 7.58. The Morgan fingerprint density at radius 2 is 1.80 bits per heavy atom. The van der Waals surface area contributed by atoms with Crippen LogP contribution in [0.5, 0.6) is 0 Å². The Morgan fingerprint density at radius 1 is 1.10 bits per heavy atom. The van der Waals surface area contributed by atoms with E-state index in [2.05, 4.69) is 36.6 Å². The maximum absolute atomic E-state index is 13.6. The molecular formula is C13H10Br2FNO2S. The maximum atomic E-state index is 13.6. The van der Waals surface area contributed by atoms with Crippen LogP contribution in [0.1, 0.15) is 5.56 Å². The molecule has 0 bridgehead atoms. The van der Waals surface area contributed by atoms with Crippen molar-refractivity contribution in [3.63, 3.8) is 0 Å². The molecule has 2 rings (SSSR count). The van der Waals surface area contributed by atoms with Crippen molar-refractivity contribution in [3.05, 3.63) is 56.7 Å². The van der Waals surface area contributed by atoms with Crippen molar-refractivity contribution >= 4 is 47.6 Å². The number of anilines is 1. The number of rotatable bonds is 3. The number of aryl methyl sites for hydroxylation is 1. The number of hydrogen-bond acceptors (Lipinski definition) is 2. The van der Waals surface area contributed by atoms with Gasteiger partial charge >= 0.3 is 0 Å². The van der Waals surface area contributed by atoms with Gasteiger partial charge in [-0.15, -0.1) is 0 Å². The molecule has 7 heteroatoms. The van der Waals surface area contributed by atoms with Gasteiger partial charge in [0.2, 0.25) is 0 Å². The Kier molecular flexibility index (Phi) is 4.51. The molecule has 0 heterocycles. The Bertz CT molecular complexity index is 763. The zero-order valence-electron chi connectivity index (χ0n) is 10.3. The van der Waals surface area contributed by atoms with Gasteiger partial charge in [-0.1, -0.05) is 22.0 Å². The smallest absolute Gasteiger partial charge is 0.263 e. The number of nitrogens with one attached hydrogen (secondary N) is 1. The number of hydrogen-bond donors (Lipinski definition) is 1. The van der Waals surface area contributed by atoms with E-state index in [-0.39, 0.29) is 10.6 Å². The summed E-state index contributed by atoms with van der Waals surface area (Å²) in [6.07, 6.45) is 0. The van der Waals surface area contributed by atoms with E-state index in [0.717, 1.165) is 5.56 Å². The summed E-state index contributed by atoms with van der Waals surface area (Å²) in [5, 5.41) is 0. The molecule has 0 aromatic heterocycles. The van der Waals surface area contributed by atoms with Crippen LogP contribution >= 0.6 is 31.9 Å². The van der Waals surface area contributed by atoms with E-state index < -0.39 is 15.8 Å². The lowest BCUT2D eigenvalue weighted by molar-refractivity contribution is 0.598. The summed E-state index contributed by atoms with van der Waals surface area (Å²) in [6.45, 7) is 1.85. The van der Waals surface area contributed by atoms with Crippen molar-refractivity contribution in [2.24, 2.45) is 0 Å². The molecule has 20 heavy (non-hydrogen) atoms. The molecule has 0 saturated heterocycles. The van der Waals surface area contributed by atoms with Crippen LogP contribution in [0.25, 0.3) is 0 Å². The van der Waals surface area contributed by atoms with Crippen molar-refractivity contribution in [2.75, 3.05) is 4.72 Å². The average Bonchev–Trinajstić information content (AvgIpc) is 2.33. The Balaban J connectivity index is 2.43. The molecule has 0 spiro atoms. The molecule has 2 aromatic carbocycles. The fraction of sp³-hybridized carbons (Fsp3) is 0.0769. The monoisotopic (exact) mass is 421 g/mol.